The SMILES string of the molecule is Cc1cc(C)c(-c2ccc(-c3cn(C(=O)N4CCCCC4Cc4ccncc4)nn3)cc2)c(C)c1. The molecule has 2 aromatic carbocycles. The Balaban J connectivity index is 1.34. The van der Waals surface area contributed by atoms with E-state index in [-0.39, 0.29) is 12.1 Å². The van der Waals surface area contributed by atoms with Crippen molar-refractivity contribution >= 4 is 6.03 Å². The predicted molar refractivity (Wildman–Crippen MR) is 138 cm³/mol. The third-order valence-corrected chi connectivity index (χ3v) is 6.93. The summed E-state index contributed by atoms with van der Waals surface area (Å²) in [4.78, 5) is 19.4. The lowest BCUT2D eigenvalue weighted by Crippen LogP contribution is -2.46. The zero-order valence-electron chi connectivity index (χ0n) is 20.6. The van der Waals surface area contributed by atoms with Crippen molar-refractivity contribution in [1.82, 2.24) is 24.9 Å². The van der Waals surface area contributed by atoms with Gasteiger partial charge in [-0.25, -0.2) is 4.79 Å². The van der Waals surface area contributed by atoms with Crippen molar-refractivity contribution in [2.45, 2.75) is 52.5 Å². The first-order chi connectivity index (χ1) is 17.0. The zero-order valence-corrected chi connectivity index (χ0v) is 20.6. The molecule has 0 radical (unpaired) electrons. The summed E-state index contributed by atoms with van der Waals surface area (Å²) in [7, 11) is 0. The van der Waals surface area contributed by atoms with Gasteiger partial charge in [0.05, 0.1) is 6.20 Å². The highest BCUT2D eigenvalue weighted by Crippen LogP contribution is 2.30. The highest BCUT2D eigenvalue weighted by atomic mass is 16.2. The molecular weight excluding hydrogens is 434 g/mol. The maximum atomic E-state index is 13.4. The van der Waals surface area contributed by atoms with Gasteiger partial charge in [0.25, 0.3) is 0 Å². The number of piperidine rings is 1. The van der Waals surface area contributed by atoms with E-state index in [4.69, 9.17) is 0 Å². The van der Waals surface area contributed by atoms with Crippen LogP contribution in [-0.4, -0.2) is 43.5 Å². The molecular formula is C29H31N5O. The maximum Gasteiger partial charge on any atom is 0.346 e. The number of benzene rings is 2. The Morgan fingerprint density at radius 2 is 1.63 bits per heavy atom. The van der Waals surface area contributed by atoms with Gasteiger partial charge in [-0.2, -0.15) is 4.68 Å². The fraction of sp³-hybridized carbons (Fsp3) is 0.310. The second-order valence-electron chi connectivity index (χ2n) is 9.58. The number of rotatable bonds is 4. The summed E-state index contributed by atoms with van der Waals surface area (Å²) in [6.45, 7) is 7.18. The molecule has 0 N–H and O–H groups in total. The lowest BCUT2D eigenvalue weighted by atomic mass is 9.93. The number of likely N-dealkylation sites (tertiary alicyclic amines) is 1. The number of amides is 1. The van der Waals surface area contributed by atoms with Crippen LogP contribution in [0.3, 0.4) is 0 Å². The number of hydrogen-bond acceptors (Lipinski definition) is 4. The van der Waals surface area contributed by atoms with Gasteiger partial charge in [-0.05, 0) is 86.4 Å². The van der Waals surface area contributed by atoms with E-state index < -0.39 is 0 Å². The third kappa shape index (κ3) is 4.87. The standard InChI is InChI=1S/C29H31N5O/c1-20-16-21(2)28(22(3)17-20)25-9-7-24(8-10-25)27-19-34(32-31-27)29(35)33-15-5-4-6-26(33)18-23-11-13-30-14-12-23/h7-14,16-17,19,26H,4-6,15,18H2,1-3H3. The Hall–Kier alpha value is -3.80. The van der Waals surface area contributed by atoms with E-state index in [9.17, 15) is 4.79 Å². The Bertz CT molecular complexity index is 1300. The highest BCUT2D eigenvalue weighted by Gasteiger charge is 2.28. The van der Waals surface area contributed by atoms with Crippen molar-refractivity contribution in [1.29, 1.82) is 0 Å². The number of aromatic nitrogens is 4. The fourth-order valence-corrected chi connectivity index (χ4v) is 5.32. The second kappa shape index (κ2) is 9.82. The van der Waals surface area contributed by atoms with Gasteiger partial charge < -0.3 is 4.90 Å². The van der Waals surface area contributed by atoms with E-state index in [0.717, 1.165) is 37.8 Å². The van der Waals surface area contributed by atoms with E-state index in [1.54, 1.807) is 18.6 Å². The van der Waals surface area contributed by atoms with E-state index in [2.05, 4.69) is 72.5 Å². The van der Waals surface area contributed by atoms with Crippen molar-refractivity contribution < 1.29 is 4.79 Å². The van der Waals surface area contributed by atoms with Crippen molar-refractivity contribution in [3.63, 3.8) is 0 Å². The maximum absolute atomic E-state index is 13.4. The molecule has 1 saturated heterocycles. The van der Waals surface area contributed by atoms with Crippen LogP contribution in [0.15, 0.2) is 67.1 Å². The van der Waals surface area contributed by atoms with Crippen molar-refractivity contribution in [3.8, 4) is 22.4 Å². The first kappa shape index (κ1) is 23.0. The molecule has 178 valence electrons. The average Bonchev–Trinajstić information content (AvgIpc) is 3.35. The molecule has 1 atom stereocenters. The van der Waals surface area contributed by atoms with E-state index in [1.807, 2.05) is 17.0 Å². The smallest absolute Gasteiger partial charge is 0.320 e. The minimum absolute atomic E-state index is 0.106. The third-order valence-electron chi connectivity index (χ3n) is 6.93. The summed E-state index contributed by atoms with van der Waals surface area (Å²) < 4.78 is 1.39. The van der Waals surface area contributed by atoms with Gasteiger partial charge >= 0.3 is 6.03 Å². The van der Waals surface area contributed by atoms with Crippen LogP contribution < -0.4 is 0 Å². The number of carbonyl (C=O) groups excluding carboxylic acids is 1. The number of hydrogen-bond donors (Lipinski definition) is 0. The van der Waals surface area contributed by atoms with Gasteiger partial charge in [0.15, 0.2) is 0 Å². The molecule has 1 unspecified atom stereocenters. The Morgan fingerprint density at radius 1 is 0.943 bits per heavy atom. The summed E-state index contributed by atoms with van der Waals surface area (Å²) in [5.74, 6) is 0. The van der Waals surface area contributed by atoms with Crippen LogP contribution >= 0.6 is 0 Å². The number of aryl methyl sites for hydroxylation is 3. The molecule has 1 aliphatic rings. The molecule has 35 heavy (non-hydrogen) atoms. The predicted octanol–water partition coefficient (Wildman–Crippen LogP) is 6.00. The van der Waals surface area contributed by atoms with Crippen molar-refractivity contribution in [2.24, 2.45) is 0 Å². The van der Waals surface area contributed by atoms with Crippen LogP contribution in [-0.2, 0) is 6.42 Å². The van der Waals surface area contributed by atoms with Crippen LogP contribution in [0, 0.1) is 20.8 Å². The summed E-state index contributed by atoms with van der Waals surface area (Å²) in [5.41, 5.74) is 9.11. The molecule has 1 fully saturated rings. The summed E-state index contributed by atoms with van der Waals surface area (Å²) in [6, 6.07) is 16.9. The molecule has 3 heterocycles. The molecule has 0 bridgehead atoms. The summed E-state index contributed by atoms with van der Waals surface area (Å²) in [5, 5.41) is 8.51. The first-order valence-electron chi connectivity index (χ1n) is 12.3. The number of nitrogens with zero attached hydrogens (tertiary/aromatic N) is 5. The fourth-order valence-electron chi connectivity index (χ4n) is 5.32. The number of carbonyl (C=O) groups is 1. The van der Waals surface area contributed by atoms with Crippen LogP contribution in [0.25, 0.3) is 22.4 Å². The van der Waals surface area contributed by atoms with Gasteiger partial charge in [0.2, 0.25) is 0 Å². The molecule has 1 amide bonds. The van der Waals surface area contributed by atoms with E-state index >= 15 is 0 Å². The lowest BCUT2D eigenvalue weighted by Gasteiger charge is -2.35. The molecule has 6 heteroatoms. The van der Waals surface area contributed by atoms with Crippen LogP contribution in [0.4, 0.5) is 4.79 Å². The van der Waals surface area contributed by atoms with Crippen LogP contribution in [0.2, 0.25) is 0 Å². The zero-order chi connectivity index (χ0) is 24.4. The topological polar surface area (TPSA) is 63.9 Å². The highest BCUT2D eigenvalue weighted by molar-refractivity contribution is 5.78. The monoisotopic (exact) mass is 465 g/mol. The normalized spacial score (nSPS) is 15.9. The van der Waals surface area contributed by atoms with Crippen molar-refractivity contribution in [3.05, 3.63) is 89.4 Å². The average molecular weight is 466 g/mol. The van der Waals surface area contributed by atoms with Gasteiger partial charge in [0, 0.05) is 30.5 Å². The number of pyridine rings is 1. The minimum atomic E-state index is -0.106. The van der Waals surface area contributed by atoms with E-state index in [1.165, 1.54) is 38.1 Å². The molecule has 1 aliphatic heterocycles. The molecule has 6 nitrogen and oxygen atoms in total. The van der Waals surface area contributed by atoms with Gasteiger partial charge in [-0.3, -0.25) is 4.98 Å². The lowest BCUT2D eigenvalue weighted by molar-refractivity contribution is 0.149. The molecule has 2 aromatic heterocycles. The van der Waals surface area contributed by atoms with Gasteiger partial charge in [-0.1, -0.05) is 47.2 Å². The Labute approximate surface area is 206 Å². The Morgan fingerprint density at radius 3 is 2.34 bits per heavy atom. The largest absolute Gasteiger partial charge is 0.346 e. The first-order valence-corrected chi connectivity index (χ1v) is 12.3. The minimum Gasteiger partial charge on any atom is -0.320 e. The van der Waals surface area contributed by atoms with Crippen molar-refractivity contribution in [2.75, 3.05) is 6.54 Å². The van der Waals surface area contributed by atoms with Gasteiger partial charge in [-0.15, -0.1) is 5.10 Å². The molecule has 4 aromatic rings. The van der Waals surface area contributed by atoms with Crippen LogP contribution in [0.1, 0.15) is 41.5 Å². The second-order valence-corrected chi connectivity index (χ2v) is 9.58. The van der Waals surface area contributed by atoms with Crippen LogP contribution in [0.5, 0.6) is 0 Å². The molecule has 5 rings (SSSR count). The Kier molecular flexibility index (Phi) is 6.45. The quantitative estimate of drug-likeness (QED) is 0.371. The van der Waals surface area contributed by atoms with E-state index in [0.29, 0.717) is 5.69 Å². The summed E-state index contributed by atoms with van der Waals surface area (Å²) in [6.07, 6.45) is 9.33. The summed E-state index contributed by atoms with van der Waals surface area (Å²) >= 11 is 0. The molecule has 0 saturated carbocycles. The molecule has 0 spiro atoms. The molecule has 0 aliphatic carbocycles. The van der Waals surface area contributed by atoms with Gasteiger partial charge in [0.1, 0.15) is 5.69 Å².